The van der Waals surface area contributed by atoms with E-state index in [1.165, 1.54) is 18.4 Å². The van der Waals surface area contributed by atoms with Crippen molar-refractivity contribution in [2.45, 2.75) is 25.7 Å². The lowest BCUT2D eigenvalue weighted by atomic mass is 10.1. The molecule has 19 heavy (non-hydrogen) atoms. The Labute approximate surface area is 109 Å². The molecule has 0 fully saturated rings. The van der Waals surface area contributed by atoms with E-state index in [2.05, 4.69) is 4.98 Å². The predicted octanol–water partition coefficient (Wildman–Crippen LogP) is 2.62. The summed E-state index contributed by atoms with van der Waals surface area (Å²) in [5.74, 6) is -0.569. The third-order valence-corrected chi connectivity index (χ3v) is 2.71. The number of benzene rings is 1. The molecule has 1 N–H and O–H groups in total. The first kappa shape index (κ1) is 13.3. The SMILES string of the molecule is O=C(O)CCc1coc(CCc2cccc(F)c2)n1. The molecule has 0 spiro atoms. The van der Waals surface area contributed by atoms with E-state index in [1.54, 1.807) is 6.07 Å². The third kappa shape index (κ3) is 4.21. The molecule has 2 rings (SSSR count). The molecular formula is C14H14FNO3. The fourth-order valence-electron chi connectivity index (χ4n) is 1.76. The molecule has 0 aliphatic carbocycles. The maximum Gasteiger partial charge on any atom is 0.303 e. The highest BCUT2D eigenvalue weighted by atomic mass is 19.1. The zero-order chi connectivity index (χ0) is 13.7. The first-order valence-corrected chi connectivity index (χ1v) is 6.03. The summed E-state index contributed by atoms with van der Waals surface area (Å²) in [5, 5.41) is 8.57. The number of carboxylic acid groups (broad SMARTS) is 1. The number of oxazole rings is 1. The van der Waals surface area contributed by atoms with Gasteiger partial charge in [0.15, 0.2) is 5.89 Å². The minimum absolute atomic E-state index is 0.0376. The first-order chi connectivity index (χ1) is 9.13. The van der Waals surface area contributed by atoms with Crippen LogP contribution in [0.4, 0.5) is 4.39 Å². The van der Waals surface area contributed by atoms with Crippen molar-refractivity contribution in [1.29, 1.82) is 0 Å². The fourth-order valence-corrected chi connectivity index (χ4v) is 1.76. The summed E-state index contributed by atoms with van der Waals surface area (Å²) in [4.78, 5) is 14.6. The number of aromatic nitrogens is 1. The molecule has 0 atom stereocenters. The highest BCUT2D eigenvalue weighted by Gasteiger charge is 2.06. The van der Waals surface area contributed by atoms with Crippen molar-refractivity contribution < 1.29 is 18.7 Å². The van der Waals surface area contributed by atoms with Crippen LogP contribution in [0.3, 0.4) is 0 Å². The number of aryl methyl sites for hydroxylation is 3. The van der Waals surface area contributed by atoms with Crippen LogP contribution in [-0.4, -0.2) is 16.1 Å². The summed E-state index contributed by atoms with van der Waals surface area (Å²) in [6.45, 7) is 0. The topological polar surface area (TPSA) is 63.3 Å². The summed E-state index contributed by atoms with van der Waals surface area (Å²) in [6.07, 6.45) is 3.08. The number of rotatable bonds is 6. The first-order valence-electron chi connectivity index (χ1n) is 6.03. The molecule has 0 radical (unpaired) electrons. The highest BCUT2D eigenvalue weighted by Crippen LogP contribution is 2.10. The lowest BCUT2D eigenvalue weighted by Gasteiger charge is -1.98. The van der Waals surface area contributed by atoms with E-state index in [4.69, 9.17) is 9.52 Å². The maximum atomic E-state index is 13.0. The molecule has 1 aromatic heterocycles. The second-order valence-electron chi connectivity index (χ2n) is 4.26. The van der Waals surface area contributed by atoms with Crippen LogP contribution < -0.4 is 0 Å². The Hall–Kier alpha value is -2.17. The molecule has 0 saturated carbocycles. The number of hydrogen-bond acceptors (Lipinski definition) is 3. The van der Waals surface area contributed by atoms with E-state index >= 15 is 0 Å². The fraction of sp³-hybridized carbons (Fsp3) is 0.286. The van der Waals surface area contributed by atoms with Crippen LogP contribution in [0.2, 0.25) is 0 Å². The molecule has 1 heterocycles. The Balaban J connectivity index is 1.88. The summed E-state index contributed by atoms with van der Waals surface area (Å²) in [5.41, 5.74) is 1.52. The second kappa shape index (κ2) is 6.13. The van der Waals surface area contributed by atoms with Crippen LogP contribution in [0.25, 0.3) is 0 Å². The lowest BCUT2D eigenvalue weighted by molar-refractivity contribution is -0.136. The van der Waals surface area contributed by atoms with Crippen LogP contribution >= 0.6 is 0 Å². The predicted molar refractivity (Wildman–Crippen MR) is 66.3 cm³/mol. The van der Waals surface area contributed by atoms with E-state index in [0.29, 0.717) is 30.8 Å². The zero-order valence-corrected chi connectivity index (χ0v) is 10.3. The molecule has 5 heteroatoms. The number of hydrogen-bond donors (Lipinski definition) is 1. The Bertz CT molecular complexity index is 565. The Morgan fingerprint density at radius 1 is 1.32 bits per heavy atom. The number of aliphatic carboxylic acids is 1. The van der Waals surface area contributed by atoms with Gasteiger partial charge in [-0.1, -0.05) is 12.1 Å². The molecular weight excluding hydrogens is 249 g/mol. The van der Waals surface area contributed by atoms with Gasteiger partial charge >= 0.3 is 5.97 Å². The Morgan fingerprint density at radius 2 is 2.16 bits per heavy atom. The van der Waals surface area contributed by atoms with Gasteiger partial charge in [-0.05, 0) is 24.1 Å². The van der Waals surface area contributed by atoms with Gasteiger partial charge in [0, 0.05) is 12.8 Å². The lowest BCUT2D eigenvalue weighted by Crippen LogP contribution is -1.98. The average molecular weight is 263 g/mol. The van der Waals surface area contributed by atoms with Crippen molar-refractivity contribution >= 4 is 5.97 Å². The maximum absolute atomic E-state index is 13.0. The van der Waals surface area contributed by atoms with Gasteiger partial charge in [0.25, 0.3) is 0 Å². The minimum atomic E-state index is -0.857. The Kier molecular flexibility index (Phi) is 4.28. The largest absolute Gasteiger partial charge is 0.481 e. The summed E-state index contributed by atoms with van der Waals surface area (Å²) in [7, 11) is 0. The van der Waals surface area contributed by atoms with Gasteiger partial charge in [0.1, 0.15) is 12.1 Å². The number of carboxylic acids is 1. The van der Waals surface area contributed by atoms with Gasteiger partial charge in [-0.2, -0.15) is 0 Å². The molecule has 0 amide bonds. The normalized spacial score (nSPS) is 10.6. The van der Waals surface area contributed by atoms with Gasteiger partial charge in [-0.25, -0.2) is 9.37 Å². The van der Waals surface area contributed by atoms with Crippen LogP contribution in [0.1, 0.15) is 23.6 Å². The minimum Gasteiger partial charge on any atom is -0.481 e. The van der Waals surface area contributed by atoms with E-state index in [0.717, 1.165) is 5.56 Å². The van der Waals surface area contributed by atoms with Gasteiger partial charge in [-0.3, -0.25) is 4.79 Å². The van der Waals surface area contributed by atoms with Crippen LogP contribution in [-0.2, 0) is 24.1 Å². The Morgan fingerprint density at radius 3 is 2.89 bits per heavy atom. The molecule has 0 aliphatic heterocycles. The van der Waals surface area contributed by atoms with Gasteiger partial charge in [0.2, 0.25) is 0 Å². The summed E-state index contributed by atoms with van der Waals surface area (Å²) >= 11 is 0. The van der Waals surface area contributed by atoms with Crippen molar-refractivity contribution in [3.8, 4) is 0 Å². The molecule has 0 aliphatic rings. The molecule has 100 valence electrons. The summed E-state index contributed by atoms with van der Waals surface area (Å²) in [6, 6.07) is 6.39. The average Bonchev–Trinajstić information content (AvgIpc) is 2.82. The molecule has 0 unspecified atom stereocenters. The van der Waals surface area contributed by atoms with E-state index in [9.17, 15) is 9.18 Å². The number of halogens is 1. The highest BCUT2D eigenvalue weighted by molar-refractivity contribution is 5.66. The van der Waals surface area contributed by atoms with Crippen molar-refractivity contribution in [3.05, 3.63) is 53.5 Å². The van der Waals surface area contributed by atoms with E-state index < -0.39 is 5.97 Å². The molecule has 0 bridgehead atoms. The quantitative estimate of drug-likeness (QED) is 0.870. The smallest absolute Gasteiger partial charge is 0.303 e. The van der Waals surface area contributed by atoms with Gasteiger partial charge in [0.05, 0.1) is 12.1 Å². The third-order valence-electron chi connectivity index (χ3n) is 2.71. The second-order valence-corrected chi connectivity index (χ2v) is 4.26. The monoisotopic (exact) mass is 263 g/mol. The van der Waals surface area contributed by atoms with Gasteiger partial charge in [-0.15, -0.1) is 0 Å². The molecule has 0 saturated heterocycles. The number of nitrogens with zero attached hydrogens (tertiary/aromatic N) is 1. The van der Waals surface area contributed by atoms with Crippen LogP contribution in [0, 0.1) is 5.82 Å². The van der Waals surface area contributed by atoms with Crippen LogP contribution in [0.15, 0.2) is 34.9 Å². The van der Waals surface area contributed by atoms with Crippen molar-refractivity contribution in [3.63, 3.8) is 0 Å². The van der Waals surface area contributed by atoms with E-state index in [1.807, 2.05) is 6.07 Å². The molecule has 2 aromatic rings. The van der Waals surface area contributed by atoms with Crippen molar-refractivity contribution in [1.82, 2.24) is 4.98 Å². The van der Waals surface area contributed by atoms with Crippen molar-refractivity contribution in [2.75, 3.05) is 0 Å². The van der Waals surface area contributed by atoms with Crippen LogP contribution in [0.5, 0.6) is 0 Å². The number of carbonyl (C=O) groups is 1. The standard InChI is InChI=1S/C14H14FNO3/c15-11-3-1-2-10(8-11)4-6-13-16-12(9-19-13)5-7-14(17)18/h1-3,8-9H,4-7H2,(H,17,18). The summed E-state index contributed by atoms with van der Waals surface area (Å²) < 4.78 is 18.2. The zero-order valence-electron chi connectivity index (χ0n) is 10.3. The van der Waals surface area contributed by atoms with Gasteiger partial charge < -0.3 is 9.52 Å². The van der Waals surface area contributed by atoms with E-state index in [-0.39, 0.29) is 12.2 Å². The molecule has 1 aromatic carbocycles. The van der Waals surface area contributed by atoms with Crippen molar-refractivity contribution in [2.24, 2.45) is 0 Å². The molecule has 4 nitrogen and oxygen atoms in total.